The molecule has 104 valence electrons. The Balaban J connectivity index is 2.17. The lowest BCUT2D eigenvalue weighted by molar-refractivity contribution is -0.384. The zero-order valence-electron chi connectivity index (χ0n) is 10.6. The van der Waals surface area contributed by atoms with Gasteiger partial charge in [0, 0.05) is 24.2 Å². The van der Waals surface area contributed by atoms with Gasteiger partial charge < -0.3 is 10.5 Å². The van der Waals surface area contributed by atoms with Crippen molar-refractivity contribution in [2.75, 3.05) is 0 Å². The smallest absolute Gasteiger partial charge is 0.269 e. The third kappa shape index (κ3) is 3.34. The van der Waals surface area contributed by atoms with Crippen LogP contribution >= 0.6 is 15.9 Å². The number of nitrogens with zero attached hydrogens (tertiary/aromatic N) is 1. The molecular formula is C14H13BrN2O3. The minimum Gasteiger partial charge on any atom is -0.487 e. The van der Waals surface area contributed by atoms with Crippen LogP contribution in [0.25, 0.3) is 0 Å². The molecule has 6 heteroatoms. The van der Waals surface area contributed by atoms with Gasteiger partial charge >= 0.3 is 0 Å². The predicted molar refractivity (Wildman–Crippen MR) is 79.5 cm³/mol. The van der Waals surface area contributed by atoms with Crippen molar-refractivity contribution in [2.45, 2.75) is 13.2 Å². The number of benzene rings is 2. The molecule has 0 unspecified atom stereocenters. The second-order valence-corrected chi connectivity index (χ2v) is 5.00. The molecule has 0 atom stereocenters. The molecule has 2 N–H and O–H groups in total. The molecular weight excluding hydrogens is 324 g/mol. The zero-order valence-corrected chi connectivity index (χ0v) is 12.2. The first kappa shape index (κ1) is 14.5. The van der Waals surface area contributed by atoms with Crippen molar-refractivity contribution in [3.05, 3.63) is 68.2 Å². The molecule has 5 nitrogen and oxygen atoms in total. The highest BCUT2D eigenvalue weighted by molar-refractivity contribution is 9.10. The van der Waals surface area contributed by atoms with Crippen LogP contribution in [0.3, 0.4) is 0 Å². The number of nitro groups is 1. The van der Waals surface area contributed by atoms with E-state index < -0.39 is 4.92 Å². The number of hydrogen-bond acceptors (Lipinski definition) is 4. The van der Waals surface area contributed by atoms with Gasteiger partial charge in [-0.15, -0.1) is 0 Å². The van der Waals surface area contributed by atoms with Gasteiger partial charge in [0.2, 0.25) is 0 Å². The molecule has 0 heterocycles. The second-order valence-electron chi connectivity index (χ2n) is 4.15. The number of rotatable bonds is 5. The van der Waals surface area contributed by atoms with Gasteiger partial charge in [-0.2, -0.15) is 0 Å². The summed E-state index contributed by atoms with van der Waals surface area (Å²) in [5, 5.41) is 10.7. The molecule has 0 aliphatic rings. The first-order valence-corrected chi connectivity index (χ1v) is 6.74. The number of nitrogens with two attached hydrogens (primary N) is 1. The summed E-state index contributed by atoms with van der Waals surface area (Å²) < 4.78 is 6.54. The van der Waals surface area contributed by atoms with E-state index in [1.165, 1.54) is 12.1 Å². The van der Waals surface area contributed by atoms with Crippen molar-refractivity contribution in [1.82, 2.24) is 0 Å². The lowest BCUT2D eigenvalue weighted by atomic mass is 10.2. The highest BCUT2D eigenvalue weighted by Crippen LogP contribution is 2.29. The fourth-order valence-corrected chi connectivity index (χ4v) is 2.31. The van der Waals surface area contributed by atoms with E-state index in [9.17, 15) is 10.1 Å². The van der Waals surface area contributed by atoms with Crippen molar-refractivity contribution < 1.29 is 9.66 Å². The Hall–Kier alpha value is -1.92. The van der Waals surface area contributed by atoms with Gasteiger partial charge in [0.1, 0.15) is 12.4 Å². The molecule has 0 radical (unpaired) electrons. The lowest BCUT2D eigenvalue weighted by Crippen LogP contribution is -2.03. The molecule has 0 saturated carbocycles. The molecule has 2 aromatic carbocycles. The Morgan fingerprint density at radius 2 is 2.00 bits per heavy atom. The Bertz CT molecular complexity index is 632. The van der Waals surface area contributed by atoms with Crippen LogP contribution in [0.1, 0.15) is 11.1 Å². The number of non-ortho nitro benzene ring substituents is 1. The maximum atomic E-state index is 10.7. The fraction of sp³-hybridized carbons (Fsp3) is 0.143. The van der Waals surface area contributed by atoms with E-state index >= 15 is 0 Å². The highest BCUT2D eigenvalue weighted by atomic mass is 79.9. The zero-order chi connectivity index (χ0) is 14.5. The third-order valence-electron chi connectivity index (χ3n) is 2.77. The molecule has 20 heavy (non-hydrogen) atoms. The molecule has 0 amide bonds. The average Bonchev–Trinajstić information content (AvgIpc) is 2.46. The Labute approximate surface area is 124 Å². The normalized spacial score (nSPS) is 10.3. The van der Waals surface area contributed by atoms with Gasteiger partial charge in [-0.25, -0.2) is 0 Å². The van der Waals surface area contributed by atoms with Gasteiger partial charge in [0.25, 0.3) is 5.69 Å². The summed E-state index contributed by atoms with van der Waals surface area (Å²) in [4.78, 5) is 10.3. The van der Waals surface area contributed by atoms with Crippen LogP contribution in [-0.4, -0.2) is 4.92 Å². The van der Waals surface area contributed by atoms with Crippen LogP contribution in [0, 0.1) is 10.1 Å². The van der Waals surface area contributed by atoms with Crippen LogP contribution in [-0.2, 0) is 13.2 Å². The number of halogens is 1. The second kappa shape index (κ2) is 6.49. The molecule has 0 spiro atoms. The summed E-state index contributed by atoms with van der Waals surface area (Å²) in [6, 6.07) is 12.0. The average molecular weight is 337 g/mol. The highest BCUT2D eigenvalue weighted by Gasteiger charge is 2.09. The lowest BCUT2D eigenvalue weighted by Gasteiger charge is -2.12. The number of hydrogen-bond donors (Lipinski definition) is 1. The van der Waals surface area contributed by atoms with Gasteiger partial charge in [0.05, 0.1) is 9.40 Å². The minimum atomic E-state index is -0.423. The van der Waals surface area contributed by atoms with E-state index in [4.69, 9.17) is 10.5 Å². The number of para-hydroxylation sites is 1. The minimum absolute atomic E-state index is 0.0530. The molecule has 2 rings (SSSR count). The van der Waals surface area contributed by atoms with Gasteiger partial charge in [-0.3, -0.25) is 10.1 Å². The van der Waals surface area contributed by atoms with Crippen LogP contribution < -0.4 is 10.5 Å². The molecule has 0 aliphatic carbocycles. The maximum absolute atomic E-state index is 10.7. The Morgan fingerprint density at radius 1 is 1.25 bits per heavy atom. The van der Waals surface area contributed by atoms with E-state index in [1.807, 2.05) is 18.2 Å². The van der Waals surface area contributed by atoms with Crippen molar-refractivity contribution in [3.8, 4) is 5.75 Å². The first-order valence-electron chi connectivity index (χ1n) is 5.95. The molecule has 0 fully saturated rings. The Kier molecular flexibility index (Phi) is 4.70. The van der Waals surface area contributed by atoms with E-state index in [2.05, 4.69) is 15.9 Å². The standard InChI is InChI=1S/C14H13BrN2O3/c15-13-6-2-4-11(8-16)14(13)20-9-10-3-1-5-12(7-10)17(18)19/h1-7H,8-9,16H2. The summed E-state index contributed by atoms with van der Waals surface area (Å²) in [5.74, 6) is 0.668. The Morgan fingerprint density at radius 3 is 2.70 bits per heavy atom. The third-order valence-corrected chi connectivity index (χ3v) is 3.40. The summed E-state index contributed by atoms with van der Waals surface area (Å²) >= 11 is 3.41. The van der Waals surface area contributed by atoms with Gasteiger partial charge in [-0.05, 0) is 27.6 Å². The molecule has 0 aliphatic heterocycles. The van der Waals surface area contributed by atoms with E-state index in [0.29, 0.717) is 12.3 Å². The van der Waals surface area contributed by atoms with E-state index in [-0.39, 0.29) is 12.3 Å². The van der Waals surface area contributed by atoms with Crippen molar-refractivity contribution in [2.24, 2.45) is 5.73 Å². The topological polar surface area (TPSA) is 78.4 Å². The maximum Gasteiger partial charge on any atom is 0.269 e. The molecule has 0 bridgehead atoms. The van der Waals surface area contributed by atoms with Gasteiger partial charge in [-0.1, -0.05) is 24.3 Å². The molecule has 0 saturated heterocycles. The number of nitro benzene ring substituents is 1. The fourth-order valence-electron chi connectivity index (χ4n) is 1.79. The van der Waals surface area contributed by atoms with Crippen LogP contribution in [0.5, 0.6) is 5.75 Å². The van der Waals surface area contributed by atoms with Crippen molar-refractivity contribution >= 4 is 21.6 Å². The monoisotopic (exact) mass is 336 g/mol. The number of ether oxygens (including phenoxy) is 1. The van der Waals surface area contributed by atoms with Crippen LogP contribution in [0.2, 0.25) is 0 Å². The van der Waals surface area contributed by atoms with Crippen LogP contribution in [0.15, 0.2) is 46.9 Å². The SMILES string of the molecule is NCc1cccc(Br)c1OCc1cccc([N+](=O)[O-])c1. The van der Waals surface area contributed by atoms with Crippen molar-refractivity contribution in [1.29, 1.82) is 0 Å². The first-order chi connectivity index (χ1) is 9.61. The molecule has 2 aromatic rings. The van der Waals surface area contributed by atoms with E-state index in [0.717, 1.165) is 15.6 Å². The van der Waals surface area contributed by atoms with Gasteiger partial charge in [0.15, 0.2) is 0 Å². The largest absolute Gasteiger partial charge is 0.487 e. The predicted octanol–water partition coefficient (Wildman–Crippen LogP) is 3.40. The summed E-state index contributed by atoms with van der Waals surface area (Å²) in [6.07, 6.45) is 0. The summed E-state index contributed by atoms with van der Waals surface area (Å²) in [7, 11) is 0. The summed E-state index contributed by atoms with van der Waals surface area (Å²) in [6.45, 7) is 0.612. The quantitative estimate of drug-likeness (QED) is 0.670. The van der Waals surface area contributed by atoms with Crippen molar-refractivity contribution in [3.63, 3.8) is 0 Å². The van der Waals surface area contributed by atoms with Crippen LogP contribution in [0.4, 0.5) is 5.69 Å². The molecule has 0 aromatic heterocycles. The van der Waals surface area contributed by atoms with E-state index in [1.54, 1.807) is 12.1 Å². The summed E-state index contributed by atoms with van der Waals surface area (Å²) in [5.41, 5.74) is 7.33.